The molecule has 0 saturated carbocycles. The quantitative estimate of drug-likeness (QED) is 0.903. The second kappa shape index (κ2) is 4.46. The van der Waals surface area contributed by atoms with Crippen molar-refractivity contribution in [1.82, 2.24) is 4.57 Å². The molecule has 1 aliphatic heterocycles. The fourth-order valence-corrected chi connectivity index (χ4v) is 2.59. The summed E-state index contributed by atoms with van der Waals surface area (Å²) in [6, 6.07) is 7.36. The van der Waals surface area contributed by atoms with Gasteiger partial charge < -0.3 is 14.4 Å². The Kier molecular flexibility index (Phi) is 2.80. The Bertz CT molecular complexity index is 582. The highest BCUT2D eigenvalue weighted by Crippen LogP contribution is 2.23. The van der Waals surface area contributed by atoms with Crippen molar-refractivity contribution in [2.75, 3.05) is 13.2 Å². The smallest absolute Gasteiger partial charge is 0.337 e. The zero-order chi connectivity index (χ0) is 12.5. The maximum Gasteiger partial charge on any atom is 0.337 e. The van der Waals surface area contributed by atoms with Crippen molar-refractivity contribution in [3.05, 3.63) is 36.0 Å². The van der Waals surface area contributed by atoms with Crippen LogP contribution in [0.4, 0.5) is 0 Å². The first kappa shape index (κ1) is 11.3. The lowest BCUT2D eigenvalue weighted by atomic mass is 10.1. The minimum Gasteiger partial charge on any atom is -0.478 e. The van der Waals surface area contributed by atoms with Crippen molar-refractivity contribution in [2.24, 2.45) is 5.92 Å². The lowest BCUT2D eigenvalue weighted by molar-refractivity contribution is 0.0698. The van der Waals surface area contributed by atoms with Gasteiger partial charge in [-0.05, 0) is 18.6 Å². The van der Waals surface area contributed by atoms with Gasteiger partial charge in [-0.3, -0.25) is 0 Å². The number of ether oxygens (including phenoxy) is 1. The molecule has 1 aliphatic rings. The van der Waals surface area contributed by atoms with Gasteiger partial charge in [-0.2, -0.15) is 0 Å². The number of carbonyl (C=O) groups is 1. The third-order valence-electron chi connectivity index (χ3n) is 3.50. The van der Waals surface area contributed by atoms with E-state index in [9.17, 15) is 9.90 Å². The summed E-state index contributed by atoms with van der Waals surface area (Å²) in [5, 5.41) is 10.2. The van der Waals surface area contributed by atoms with Gasteiger partial charge in [0.25, 0.3) is 0 Å². The lowest BCUT2D eigenvalue weighted by Gasteiger charge is -2.11. The number of benzene rings is 1. The van der Waals surface area contributed by atoms with Crippen LogP contribution < -0.4 is 0 Å². The van der Waals surface area contributed by atoms with E-state index in [1.54, 1.807) is 12.1 Å². The minimum atomic E-state index is -0.872. The summed E-state index contributed by atoms with van der Waals surface area (Å²) in [6.45, 7) is 2.42. The van der Waals surface area contributed by atoms with Crippen LogP contribution in [0.2, 0.25) is 0 Å². The van der Waals surface area contributed by atoms with Gasteiger partial charge in [-0.15, -0.1) is 0 Å². The molecule has 0 spiro atoms. The number of carboxylic acid groups (broad SMARTS) is 1. The highest BCUT2D eigenvalue weighted by Gasteiger charge is 2.18. The highest BCUT2D eigenvalue weighted by molar-refractivity contribution is 6.02. The van der Waals surface area contributed by atoms with Crippen LogP contribution in [0.1, 0.15) is 16.8 Å². The second-order valence-corrected chi connectivity index (χ2v) is 4.75. The molecule has 1 N–H and O–H groups in total. The van der Waals surface area contributed by atoms with Gasteiger partial charge in [0.2, 0.25) is 0 Å². The van der Waals surface area contributed by atoms with Gasteiger partial charge in [0, 0.05) is 30.7 Å². The Morgan fingerprint density at radius 3 is 3.06 bits per heavy atom. The maximum atomic E-state index is 11.3. The van der Waals surface area contributed by atoms with Crippen molar-refractivity contribution < 1.29 is 14.6 Å². The summed E-state index contributed by atoms with van der Waals surface area (Å²) in [7, 11) is 0. The number of carboxylic acids is 1. The number of nitrogens with zero attached hydrogens (tertiary/aromatic N) is 1. The normalized spacial score (nSPS) is 19.4. The Hall–Kier alpha value is -1.81. The largest absolute Gasteiger partial charge is 0.478 e. The Morgan fingerprint density at radius 1 is 1.44 bits per heavy atom. The molecule has 4 nitrogen and oxygen atoms in total. The molecule has 2 aromatic rings. The van der Waals surface area contributed by atoms with Crippen LogP contribution >= 0.6 is 0 Å². The number of rotatable bonds is 3. The average Bonchev–Trinajstić information content (AvgIpc) is 2.99. The average molecular weight is 245 g/mol. The van der Waals surface area contributed by atoms with E-state index < -0.39 is 5.97 Å². The Balaban J connectivity index is 2.03. The molecule has 1 aromatic heterocycles. The van der Waals surface area contributed by atoms with Gasteiger partial charge >= 0.3 is 5.97 Å². The molecule has 94 valence electrons. The molecule has 1 atom stereocenters. The zero-order valence-corrected chi connectivity index (χ0v) is 10.0. The number of aromatic nitrogens is 1. The fraction of sp³-hybridized carbons (Fsp3) is 0.357. The molecule has 2 heterocycles. The fourth-order valence-electron chi connectivity index (χ4n) is 2.59. The molecule has 1 unspecified atom stereocenters. The van der Waals surface area contributed by atoms with Gasteiger partial charge in [-0.1, -0.05) is 12.1 Å². The molecule has 18 heavy (non-hydrogen) atoms. The van der Waals surface area contributed by atoms with Gasteiger partial charge in [0.15, 0.2) is 0 Å². The number of hydrogen-bond donors (Lipinski definition) is 1. The van der Waals surface area contributed by atoms with E-state index in [0.29, 0.717) is 11.5 Å². The summed E-state index contributed by atoms with van der Waals surface area (Å²) in [5.74, 6) is -0.384. The van der Waals surface area contributed by atoms with Crippen molar-refractivity contribution in [3.8, 4) is 0 Å². The summed E-state index contributed by atoms with van der Waals surface area (Å²) in [5.41, 5.74) is 1.19. The van der Waals surface area contributed by atoms with E-state index in [2.05, 4.69) is 0 Å². The van der Waals surface area contributed by atoms with Crippen LogP contribution in [0.5, 0.6) is 0 Å². The molecule has 1 fully saturated rings. The van der Waals surface area contributed by atoms with E-state index in [-0.39, 0.29) is 0 Å². The van der Waals surface area contributed by atoms with Gasteiger partial charge in [0.1, 0.15) is 0 Å². The minimum absolute atomic E-state index is 0.372. The van der Waals surface area contributed by atoms with E-state index in [1.165, 1.54) is 0 Å². The van der Waals surface area contributed by atoms with Crippen LogP contribution in [0.3, 0.4) is 0 Å². The topological polar surface area (TPSA) is 51.5 Å². The highest BCUT2D eigenvalue weighted by atomic mass is 16.5. The maximum absolute atomic E-state index is 11.3. The third-order valence-corrected chi connectivity index (χ3v) is 3.50. The summed E-state index contributed by atoms with van der Waals surface area (Å²) >= 11 is 0. The van der Waals surface area contributed by atoms with Crippen molar-refractivity contribution in [1.29, 1.82) is 0 Å². The number of para-hydroxylation sites is 1. The first-order valence-corrected chi connectivity index (χ1v) is 6.14. The van der Waals surface area contributed by atoms with Crippen molar-refractivity contribution >= 4 is 16.9 Å². The van der Waals surface area contributed by atoms with Crippen LogP contribution in [-0.2, 0) is 11.3 Å². The molecule has 4 heteroatoms. The van der Waals surface area contributed by atoms with E-state index in [0.717, 1.165) is 37.1 Å². The predicted octanol–water partition coefficient (Wildman–Crippen LogP) is 2.38. The number of hydrogen-bond acceptors (Lipinski definition) is 2. The lowest BCUT2D eigenvalue weighted by Crippen LogP contribution is -2.11. The van der Waals surface area contributed by atoms with E-state index >= 15 is 0 Å². The molecule has 0 bridgehead atoms. The standard InChI is InChI=1S/C14H15NO3/c16-14(17)12-3-1-2-11-4-6-15(13(11)12)8-10-5-7-18-9-10/h1-4,6,10H,5,7-9H2,(H,16,17). The van der Waals surface area contributed by atoms with Crippen LogP contribution in [-0.4, -0.2) is 28.9 Å². The Morgan fingerprint density at radius 2 is 2.33 bits per heavy atom. The summed E-state index contributed by atoms with van der Waals surface area (Å²) in [4.78, 5) is 11.3. The van der Waals surface area contributed by atoms with Crippen LogP contribution in [0.25, 0.3) is 10.9 Å². The van der Waals surface area contributed by atoms with Crippen LogP contribution in [0, 0.1) is 5.92 Å². The van der Waals surface area contributed by atoms with Crippen molar-refractivity contribution in [3.63, 3.8) is 0 Å². The third kappa shape index (κ3) is 1.88. The van der Waals surface area contributed by atoms with Crippen molar-refractivity contribution in [2.45, 2.75) is 13.0 Å². The molecule has 0 amide bonds. The monoisotopic (exact) mass is 245 g/mol. The number of aromatic carboxylic acids is 1. The zero-order valence-electron chi connectivity index (χ0n) is 10.0. The molecular weight excluding hydrogens is 230 g/mol. The summed E-state index contributed by atoms with van der Waals surface area (Å²) < 4.78 is 7.41. The second-order valence-electron chi connectivity index (χ2n) is 4.75. The van der Waals surface area contributed by atoms with E-state index in [1.807, 2.05) is 22.9 Å². The predicted molar refractivity (Wildman–Crippen MR) is 67.8 cm³/mol. The molecular formula is C14H15NO3. The van der Waals surface area contributed by atoms with Gasteiger partial charge in [0.05, 0.1) is 17.7 Å². The molecule has 0 radical (unpaired) electrons. The van der Waals surface area contributed by atoms with Gasteiger partial charge in [-0.25, -0.2) is 4.79 Å². The Labute approximate surface area is 105 Å². The van der Waals surface area contributed by atoms with Crippen LogP contribution in [0.15, 0.2) is 30.5 Å². The molecule has 1 saturated heterocycles. The molecule has 0 aliphatic carbocycles. The van der Waals surface area contributed by atoms with E-state index in [4.69, 9.17) is 4.74 Å². The molecule has 3 rings (SSSR count). The first-order chi connectivity index (χ1) is 8.75. The molecule has 1 aromatic carbocycles. The summed E-state index contributed by atoms with van der Waals surface area (Å²) in [6.07, 6.45) is 3.02. The first-order valence-electron chi connectivity index (χ1n) is 6.14. The SMILES string of the molecule is O=C(O)c1cccc2ccn(CC3CCOC3)c12. The number of fused-ring (bicyclic) bond motifs is 1.